The summed E-state index contributed by atoms with van der Waals surface area (Å²) in [5, 5.41) is 0. The van der Waals surface area contributed by atoms with E-state index in [2.05, 4.69) is 0 Å². The van der Waals surface area contributed by atoms with E-state index >= 15 is 0 Å². The molecule has 0 spiro atoms. The smallest absolute Gasteiger partial charge is 0.254 e. The Morgan fingerprint density at radius 2 is 1.31 bits per heavy atom. The maximum Gasteiger partial charge on any atom is 0.254 e. The summed E-state index contributed by atoms with van der Waals surface area (Å²) in [7, 11) is -2.03. The van der Waals surface area contributed by atoms with Gasteiger partial charge in [-0.25, -0.2) is 8.42 Å². The van der Waals surface area contributed by atoms with Gasteiger partial charge in [-0.1, -0.05) is 12.1 Å². The lowest BCUT2D eigenvalue weighted by atomic mass is 10.1. The molecular weight excluding hydrogens is 430 g/mol. The fourth-order valence-electron chi connectivity index (χ4n) is 4.10. The molecule has 2 aromatic rings. The number of piperazine rings is 1. The summed E-state index contributed by atoms with van der Waals surface area (Å²) in [6.07, 6.45) is 1.72. The van der Waals surface area contributed by atoms with Crippen molar-refractivity contribution in [1.82, 2.24) is 14.1 Å². The second kappa shape index (κ2) is 9.30. The minimum absolute atomic E-state index is 0.102. The number of sulfonamides is 1. The van der Waals surface area contributed by atoms with Crippen LogP contribution in [0.3, 0.4) is 0 Å². The molecular formula is C23H27N3O5S. The summed E-state index contributed by atoms with van der Waals surface area (Å²) in [5.74, 6) is 0.292. The highest BCUT2D eigenvalue weighted by Gasteiger charge is 2.29. The molecule has 0 N–H and O–H groups in total. The molecule has 0 bridgehead atoms. The van der Waals surface area contributed by atoms with Gasteiger partial charge in [0.25, 0.3) is 11.8 Å². The summed E-state index contributed by atoms with van der Waals surface area (Å²) in [6, 6.07) is 13.2. The number of nitrogens with zero attached hydrogens (tertiary/aromatic N) is 3. The molecule has 0 atom stereocenters. The van der Waals surface area contributed by atoms with Crippen molar-refractivity contribution >= 4 is 21.8 Å². The lowest BCUT2D eigenvalue weighted by molar-refractivity contribution is 0.0535. The number of hydrogen-bond acceptors (Lipinski definition) is 5. The summed E-state index contributed by atoms with van der Waals surface area (Å²) in [4.78, 5) is 29.3. The van der Waals surface area contributed by atoms with Gasteiger partial charge in [-0.3, -0.25) is 9.59 Å². The van der Waals surface area contributed by atoms with Crippen molar-refractivity contribution in [3.63, 3.8) is 0 Å². The molecule has 2 aromatic carbocycles. The number of hydrogen-bond donors (Lipinski definition) is 0. The zero-order valence-corrected chi connectivity index (χ0v) is 18.9. The van der Waals surface area contributed by atoms with Crippen LogP contribution in [-0.2, 0) is 10.0 Å². The van der Waals surface area contributed by atoms with Crippen molar-refractivity contribution in [3.05, 3.63) is 59.7 Å². The van der Waals surface area contributed by atoms with Gasteiger partial charge in [0.05, 0.1) is 12.0 Å². The summed E-state index contributed by atoms with van der Waals surface area (Å²) < 4.78 is 32.3. The SMILES string of the molecule is COc1cccc(C(=O)N2CCN(C(=O)c3cccc(S(=O)(=O)N4CCCC4)c3)CC2)c1. The van der Waals surface area contributed by atoms with Gasteiger partial charge < -0.3 is 14.5 Å². The monoisotopic (exact) mass is 457 g/mol. The summed E-state index contributed by atoms with van der Waals surface area (Å²) in [6.45, 7) is 2.63. The molecule has 2 fully saturated rings. The van der Waals surface area contributed by atoms with Crippen molar-refractivity contribution in [2.24, 2.45) is 0 Å². The maximum atomic E-state index is 13.0. The third-order valence-electron chi connectivity index (χ3n) is 5.95. The predicted octanol–water partition coefficient (Wildman–Crippen LogP) is 2.08. The molecule has 8 nitrogen and oxygen atoms in total. The number of carbonyl (C=O) groups is 2. The van der Waals surface area contributed by atoms with Crippen molar-refractivity contribution < 1.29 is 22.7 Å². The number of amides is 2. The second-order valence-electron chi connectivity index (χ2n) is 7.96. The highest BCUT2D eigenvalue weighted by Crippen LogP contribution is 2.22. The van der Waals surface area contributed by atoms with Crippen LogP contribution in [0.25, 0.3) is 0 Å². The van der Waals surface area contributed by atoms with E-state index in [1.165, 1.54) is 16.4 Å². The molecule has 0 radical (unpaired) electrons. The van der Waals surface area contributed by atoms with E-state index in [1.54, 1.807) is 53.3 Å². The molecule has 0 aliphatic carbocycles. The largest absolute Gasteiger partial charge is 0.497 e. The van der Waals surface area contributed by atoms with Gasteiger partial charge in [-0.2, -0.15) is 4.31 Å². The molecule has 32 heavy (non-hydrogen) atoms. The van der Waals surface area contributed by atoms with Crippen LogP contribution >= 0.6 is 0 Å². The third-order valence-corrected chi connectivity index (χ3v) is 7.85. The van der Waals surface area contributed by atoms with E-state index in [0.29, 0.717) is 56.1 Å². The van der Waals surface area contributed by atoms with Gasteiger partial charge in [-0.15, -0.1) is 0 Å². The van der Waals surface area contributed by atoms with Crippen LogP contribution in [0.2, 0.25) is 0 Å². The lowest BCUT2D eigenvalue weighted by Gasteiger charge is -2.35. The molecule has 0 saturated carbocycles. The quantitative estimate of drug-likeness (QED) is 0.686. The molecule has 2 amide bonds. The van der Waals surface area contributed by atoms with Gasteiger partial charge in [-0.05, 0) is 49.2 Å². The number of benzene rings is 2. The highest BCUT2D eigenvalue weighted by molar-refractivity contribution is 7.89. The fourth-order valence-corrected chi connectivity index (χ4v) is 5.66. The Bertz CT molecular complexity index is 1100. The van der Waals surface area contributed by atoms with E-state index < -0.39 is 10.0 Å². The first kappa shape index (κ1) is 22.3. The third kappa shape index (κ3) is 4.49. The van der Waals surface area contributed by atoms with E-state index in [0.717, 1.165) is 12.8 Å². The van der Waals surface area contributed by atoms with E-state index in [-0.39, 0.29) is 16.7 Å². The Kier molecular flexibility index (Phi) is 6.48. The topological polar surface area (TPSA) is 87.2 Å². The first-order valence-electron chi connectivity index (χ1n) is 10.7. The van der Waals surface area contributed by atoms with Crippen LogP contribution in [0, 0.1) is 0 Å². The first-order chi connectivity index (χ1) is 15.4. The van der Waals surface area contributed by atoms with Crippen molar-refractivity contribution in [2.75, 3.05) is 46.4 Å². The minimum Gasteiger partial charge on any atom is -0.497 e. The van der Waals surface area contributed by atoms with Gasteiger partial charge in [0.1, 0.15) is 5.75 Å². The van der Waals surface area contributed by atoms with Gasteiger partial charge in [0, 0.05) is 50.4 Å². The number of carbonyl (C=O) groups excluding carboxylic acids is 2. The van der Waals surface area contributed by atoms with Crippen LogP contribution in [0.15, 0.2) is 53.4 Å². The van der Waals surface area contributed by atoms with Crippen molar-refractivity contribution in [3.8, 4) is 5.75 Å². The van der Waals surface area contributed by atoms with Crippen LogP contribution in [0.1, 0.15) is 33.6 Å². The molecule has 0 unspecified atom stereocenters. The zero-order valence-electron chi connectivity index (χ0n) is 18.1. The number of methoxy groups -OCH3 is 1. The highest BCUT2D eigenvalue weighted by atomic mass is 32.2. The molecule has 2 aliphatic rings. The Morgan fingerprint density at radius 3 is 1.88 bits per heavy atom. The van der Waals surface area contributed by atoms with E-state index in [4.69, 9.17) is 4.74 Å². The number of rotatable bonds is 5. The summed E-state index contributed by atoms with van der Waals surface area (Å²) in [5.41, 5.74) is 0.891. The average molecular weight is 458 g/mol. The molecule has 4 rings (SSSR count). The van der Waals surface area contributed by atoms with Gasteiger partial charge >= 0.3 is 0 Å². The minimum atomic E-state index is -3.58. The van der Waals surface area contributed by atoms with Crippen molar-refractivity contribution in [2.45, 2.75) is 17.7 Å². The molecule has 170 valence electrons. The Balaban J connectivity index is 1.42. The summed E-state index contributed by atoms with van der Waals surface area (Å²) >= 11 is 0. The molecule has 0 aromatic heterocycles. The number of ether oxygens (including phenoxy) is 1. The Labute approximate surface area is 188 Å². The van der Waals surface area contributed by atoms with Crippen LogP contribution in [0.5, 0.6) is 5.75 Å². The van der Waals surface area contributed by atoms with Crippen molar-refractivity contribution in [1.29, 1.82) is 0 Å². The average Bonchev–Trinajstić information content (AvgIpc) is 3.39. The fraction of sp³-hybridized carbons (Fsp3) is 0.391. The maximum absolute atomic E-state index is 13.0. The lowest BCUT2D eigenvalue weighted by Crippen LogP contribution is -2.50. The molecule has 2 aliphatic heterocycles. The normalized spacial score (nSPS) is 17.4. The molecule has 9 heteroatoms. The second-order valence-corrected chi connectivity index (χ2v) is 9.89. The standard InChI is InChI=1S/C23H27N3O5S/c1-31-20-8-4-6-18(16-20)22(27)24-12-14-25(15-13-24)23(28)19-7-5-9-21(17-19)32(29,30)26-10-2-3-11-26/h4-9,16-17H,2-3,10-15H2,1H3. The Hall–Kier alpha value is -2.91. The molecule has 2 saturated heterocycles. The van der Waals surface area contributed by atoms with Gasteiger partial charge in [0.2, 0.25) is 10.0 Å². The first-order valence-corrected chi connectivity index (χ1v) is 12.2. The predicted molar refractivity (Wildman–Crippen MR) is 119 cm³/mol. The van der Waals surface area contributed by atoms with Crippen LogP contribution in [0.4, 0.5) is 0 Å². The Morgan fingerprint density at radius 1 is 0.781 bits per heavy atom. The van der Waals surface area contributed by atoms with Gasteiger partial charge in [0.15, 0.2) is 0 Å². The molecule has 2 heterocycles. The van der Waals surface area contributed by atoms with Crippen LogP contribution in [-0.4, -0.2) is 80.7 Å². The zero-order chi connectivity index (χ0) is 22.7. The van der Waals surface area contributed by atoms with Crippen LogP contribution < -0.4 is 4.74 Å². The van der Waals surface area contributed by atoms with E-state index in [1.807, 2.05) is 0 Å². The van der Waals surface area contributed by atoms with E-state index in [9.17, 15) is 18.0 Å².